The molecule has 6 nitrogen and oxygen atoms in total. The number of hydrogen-bond donors (Lipinski definition) is 6. The molecule has 0 saturated heterocycles. The van der Waals surface area contributed by atoms with Gasteiger partial charge in [0.1, 0.15) is 6.10 Å². The van der Waals surface area contributed by atoms with E-state index in [-0.39, 0.29) is 13.0 Å². The molecule has 2 atom stereocenters. The molecule has 6 heteroatoms. The quantitative estimate of drug-likeness (QED) is 0.242. The molecule has 0 aromatic carbocycles. The van der Waals surface area contributed by atoms with E-state index in [1.54, 1.807) is 0 Å². The second-order valence-electron chi connectivity index (χ2n) is 2.43. The van der Waals surface area contributed by atoms with E-state index in [0.717, 1.165) is 0 Å². The maximum Gasteiger partial charge on any atom is 0.303 e. The highest BCUT2D eigenvalue weighted by Crippen LogP contribution is 2.06. The van der Waals surface area contributed by atoms with Crippen molar-refractivity contribution in [1.29, 1.82) is 0 Å². The van der Waals surface area contributed by atoms with Crippen LogP contribution >= 0.6 is 0 Å². The molecule has 8 N–H and O–H groups in total. The van der Waals surface area contributed by atoms with Gasteiger partial charge in [0.05, 0.1) is 0 Å². The summed E-state index contributed by atoms with van der Waals surface area (Å²) in [5.41, 5.74) is 10.3. The van der Waals surface area contributed by atoms with E-state index < -0.39 is 18.1 Å². The third kappa shape index (κ3) is 4.25. The molecule has 0 spiro atoms. The Hall–Kier alpha value is -0.240. The molecule has 0 radical (unpaired) electrons. The van der Waals surface area contributed by atoms with Gasteiger partial charge in [0.15, 0.2) is 0 Å². The lowest BCUT2D eigenvalue weighted by molar-refractivity contribution is -0.355. The largest absolute Gasteiger partial charge is 0.385 e. The van der Waals surface area contributed by atoms with Gasteiger partial charge in [0.25, 0.3) is 0 Å². The molecule has 68 valence electrons. The summed E-state index contributed by atoms with van der Waals surface area (Å²) in [5, 5.41) is 34.0. The highest BCUT2D eigenvalue weighted by atomic mass is 16.7. The van der Waals surface area contributed by atoms with Crippen LogP contribution in [0, 0.1) is 0 Å². The molecular weight excluding hydrogens is 152 g/mol. The summed E-state index contributed by atoms with van der Waals surface area (Å²) in [6.45, 7) is 0.104. The van der Waals surface area contributed by atoms with Crippen molar-refractivity contribution in [1.82, 2.24) is 0 Å². The molecule has 0 aliphatic carbocycles. The van der Waals surface area contributed by atoms with Crippen molar-refractivity contribution >= 4 is 0 Å². The van der Waals surface area contributed by atoms with Crippen molar-refractivity contribution < 1.29 is 20.4 Å². The van der Waals surface area contributed by atoms with Crippen LogP contribution in [-0.4, -0.2) is 45.1 Å². The lowest BCUT2D eigenvalue weighted by Crippen LogP contribution is -2.46. The van der Waals surface area contributed by atoms with E-state index in [1.165, 1.54) is 0 Å². The number of nitrogens with two attached hydrogens (primary N) is 2. The molecule has 0 bridgehead atoms. The van der Waals surface area contributed by atoms with E-state index >= 15 is 0 Å². The minimum atomic E-state index is -3.09. The van der Waals surface area contributed by atoms with Crippen LogP contribution in [-0.2, 0) is 0 Å². The summed E-state index contributed by atoms with van der Waals surface area (Å²) in [7, 11) is 0. The molecule has 0 fully saturated rings. The van der Waals surface area contributed by atoms with Crippen molar-refractivity contribution in [3.8, 4) is 0 Å². The molecule has 0 saturated carbocycles. The van der Waals surface area contributed by atoms with Gasteiger partial charge in [0, 0.05) is 12.6 Å². The van der Waals surface area contributed by atoms with Gasteiger partial charge in [-0.25, -0.2) is 0 Å². The maximum absolute atomic E-state index is 8.80. The fourth-order valence-corrected chi connectivity index (χ4v) is 0.541. The van der Waals surface area contributed by atoms with E-state index in [9.17, 15) is 0 Å². The number of aliphatic hydroxyl groups is 4. The first kappa shape index (κ1) is 10.8. The van der Waals surface area contributed by atoms with Crippen LogP contribution in [0.3, 0.4) is 0 Å². The van der Waals surface area contributed by atoms with Gasteiger partial charge in [-0.1, -0.05) is 0 Å². The molecule has 0 aromatic heterocycles. The fraction of sp³-hybridized carbons (Fsp3) is 1.00. The fourth-order valence-electron chi connectivity index (χ4n) is 0.541. The first-order chi connectivity index (χ1) is 4.88. The van der Waals surface area contributed by atoms with Crippen molar-refractivity contribution in [2.75, 3.05) is 6.54 Å². The Morgan fingerprint density at radius 3 is 2.00 bits per heavy atom. The van der Waals surface area contributed by atoms with Crippen LogP contribution in [0.25, 0.3) is 0 Å². The van der Waals surface area contributed by atoms with Gasteiger partial charge >= 0.3 is 5.97 Å². The van der Waals surface area contributed by atoms with Crippen molar-refractivity contribution in [2.45, 2.75) is 24.5 Å². The minimum Gasteiger partial charge on any atom is -0.385 e. The zero-order chi connectivity index (χ0) is 9.07. The first-order valence-electron chi connectivity index (χ1n) is 3.18. The first-order valence-corrected chi connectivity index (χ1v) is 3.18. The molecule has 0 rings (SSSR count). The summed E-state index contributed by atoms with van der Waals surface area (Å²) in [6.07, 6.45) is -1.86. The predicted molar refractivity (Wildman–Crippen MR) is 37.0 cm³/mol. The zero-order valence-corrected chi connectivity index (χ0v) is 6.01. The van der Waals surface area contributed by atoms with E-state index in [1.807, 2.05) is 0 Å². The summed E-state index contributed by atoms with van der Waals surface area (Å²) in [5.74, 6) is -3.09. The third-order valence-electron chi connectivity index (χ3n) is 1.28. The summed E-state index contributed by atoms with van der Waals surface area (Å²) < 4.78 is 0. The number of hydrogen-bond acceptors (Lipinski definition) is 6. The van der Waals surface area contributed by atoms with Gasteiger partial charge in [-0.2, -0.15) is 0 Å². The normalized spacial score (nSPS) is 18.0. The molecule has 0 aromatic rings. The standard InChI is InChI=1S/C5H14N2O4/c6-2-3(7)1-4(8)5(9,10)11/h3-4,8-11H,1-2,6-7H2. The second-order valence-corrected chi connectivity index (χ2v) is 2.43. The van der Waals surface area contributed by atoms with E-state index in [0.29, 0.717) is 0 Å². The highest BCUT2D eigenvalue weighted by molar-refractivity contribution is 4.71. The minimum absolute atomic E-state index is 0.104. The van der Waals surface area contributed by atoms with E-state index in [2.05, 4.69) is 0 Å². The lowest BCUT2D eigenvalue weighted by atomic mass is 10.1. The van der Waals surface area contributed by atoms with Crippen LogP contribution in [0.5, 0.6) is 0 Å². The molecule has 0 aliphatic heterocycles. The molecular formula is C5H14N2O4. The summed E-state index contributed by atoms with van der Waals surface area (Å²) in [4.78, 5) is 0. The average molecular weight is 166 g/mol. The van der Waals surface area contributed by atoms with Gasteiger partial charge < -0.3 is 31.9 Å². The molecule has 0 aliphatic rings. The van der Waals surface area contributed by atoms with Crippen LogP contribution < -0.4 is 11.5 Å². The topological polar surface area (TPSA) is 133 Å². The van der Waals surface area contributed by atoms with Crippen LogP contribution in [0.1, 0.15) is 6.42 Å². The summed E-state index contributed by atoms with van der Waals surface area (Å²) >= 11 is 0. The van der Waals surface area contributed by atoms with Crippen LogP contribution in [0.2, 0.25) is 0 Å². The Kier molecular flexibility index (Phi) is 3.87. The Morgan fingerprint density at radius 1 is 1.27 bits per heavy atom. The van der Waals surface area contributed by atoms with Crippen molar-refractivity contribution in [3.63, 3.8) is 0 Å². The number of rotatable bonds is 4. The zero-order valence-electron chi connectivity index (χ0n) is 6.01. The molecule has 0 amide bonds. The van der Waals surface area contributed by atoms with Crippen LogP contribution in [0.15, 0.2) is 0 Å². The Labute approximate surface area is 64.1 Å². The SMILES string of the molecule is NCC(N)CC(O)C(O)(O)O. The average Bonchev–Trinajstić information content (AvgIpc) is 1.85. The van der Waals surface area contributed by atoms with Gasteiger partial charge in [0.2, 0.25) is 0 Å². The lowest BCUT2D eigenvalue weighted by Gasteiger charge is -2.22. The highest BCUT2D eigenvalue weighted by Gasteiger charge is 2.31. The van der Waals surface area contributed by atoms with Crippen molar-refractivity contribution in [3.05, 3.63) is 0 Å². The number of aliphatic hydroxyl groups excluding tert-OH is 1. The smallest absolute Gasteiger partial charge is 0.303 e. The molecule has 11 heavy (non-hydrogen) atoms. The second kappa shape index (κ2) is 3.96. The third-order valence-corrected chi connectivity index (χ3v) is 1.28. The van der Waals surface area contributed by atoms with Gasteiger partial charge in [-0.05, 0) is 6.42 Å². The summed E-state index contributed by atoms with van der Waals surface area (Å²) in [6, 6.07) is -0.559. The Morgan fingerprint density at radius 2 is 1.73 bits per heavy atom. The van der Waals surface area contributed by atoms with Crippen LogP contribution in [0.4, 0.5) is 0 Å². The predicted octanol–water partition coefficient (Wildman–Crippen LogP) is -3.35. The molecule has 0 heterocycles. The van der Waals surface area contributed by atoms with Crippen molar-refractivity contribution in [2.24, 2.45) is 11.5 Å². The van der Waals surface area contributed by atoms with E-state index in [4.69, 9.17) is 31.9 Å². The van der Waals surface area contributed by atoms with Gasteiger partial charge in [-0.15, -0.1) is 0 Å². The Balaban J connectivity index is 3.77. The van der Waals surface area contributed by atoms with Gasteiger partial charge in [-0.3, -0.25) is 0 Å². The molecule has 2 unspecified atom stereocenters. The maximum atomic E-state index is 8.80. The monoisotopic (exact) mass is 166 g/mol. The Bertz CT molecular complexity index is 114.